The van der Waals surface area contributed by atoms with Crippen LogP contribution in [-0.2, 0) is 12.3 Å². The molecule has 0 aromatic heterocycles. The highest BCUT2D eigenvalue weighted by Gasteiger charge is 1.95. The van der Waals surface area contributed by atoms with Crippen LogP contribution in [0.2, 0.25) is 0 Å². The van der Waals surface area contributed by atoms with Crippen molar-refractivity contribution in [2.45, 2.75) is 6.92 Å². The molecule has 0 saturated heterocycles. The van der Waals surface area contributed by atoms with Crippen molar-refractivity contribution >= 4 is 40.3 Å². The Bertz CT molecular complexity index is 97.7. The van der Waals surface area contributed by atoms with Gasteiger partial charge in [-0.05, 0) is 6.92 Å². The van der Waals surface area contributed by atoms with Crippen molar-refractivity contribution in [2.75, 3.05) is 0 Å². The van der Waals surface area contributed by atoms with E-state index in [9.17, 15) is 0 Å². The zero-order valence-electron chi connectivity index (χ0n) is 5.43. The lowest BCUT2D eigenvalue weighted by Gasteiger charge is -1.98. The molecule has 0 spiro atoms. The third-order valence-corrected chi connectivity index (χ3v) is 2.48. The maximum absolute atomic E-state index is 5.04. The van der Waals surface area contributed by atoms with Crippen LogP contribution in [0.3, 0.4) is 0 Å². The molecule has 0 aromatic rings. The Morgan fingerprint density at radius 3 is 2.60 bits per heavy atom. The first kappa shape index (κ1) is 10.5. The highest BCUT2D eigenvalue weighted by Crippen LogP contribution is 1.82. The van der Waals surface area contributed by atoms with Crippen molar-refractivity contribution in [1.29, 1.82) is 0 Å². The average Bonchev–Trinajstić information content (AvgIpc) is 1.87. The zero-order chi connectivity index (χ0) is 7.82. The molecule has 0 unspecified atom stereocenters. The molecule has 0 heterocycles. The van der Waals surface area contributed by atoms with Gasteiger partial charge in [-0.2, -0.15) is 0 Å². The minimum atomic E-state index is -0.00600. The van der Waals surface area contributed by atoms with Gasteiger partial charge in [-0.25, -0.2) is 0 Å². The molecule has 0 aromatic carbocycles. The van der Waals surface area contributed by atoms with Crippen LogP contribution in [0, 0.1) is 0 Å². The Morgan fingerprint density at radius 2 is 2.10 bits per heavy atom. The van der Waals surface area contributed by atoms with Crippen molar-refractivity contribution < 1.29 is 12.3 Å². The third kappa shape index (κ3) is 8.49. The van der Waals surface area contributed by atoms with Gasteiger partial charge in [0.1, 0.15) is 0 Å². The Labute approximate surface area is 71.8 Å². The molecule has 0 fully saturated rings. The molecule has 0 aliphatic carbocycles. The summed E-state index contributed by atoms with van der Waals surface area (Å²) in [5.41, 5.74) is 0. The number of hydrogen-bond donors (Lipinski definition) is 0. The molecule has 0 amide bonds. The fourth-order valence-electron chi connectivity index (χ4n) is 0.167. The highest BCUT2D eigenvalue weighted by atomic mass is 28.4. The van der Waals surface area contributed by atoms with E-state index in [1.807, 2.05) is 6.92 Å². The van der Waals surface area contributed by atoms with E-state index in [4.69, 9.17) is 8.23 Å². The van der Waals surface area contributed by atoms with E-state index in [-0.39, 0.29) is 20.0 Å². The second-order valence-electron chi connectivity index (χ2n) is 1.36. The minimum Gasteiger partial charge on any atom is -0.435 e. The quantitative estimate of drug-likeness (QED) is 0.422. The average molecular weight is 201 g/mol. The van der Waals surface area contributed by atoms with E-state index >= 15 is 0 Å². The summed E-state index contributed by atoms with van der Waals surface area (Å²) in [7, 11) is 3.15. The van der Waals surface area contributed by atoms with Crippen LogP contribution in [0.1, 0.15) is 6.92 Å². The Balaban J connectivity index is 2.84. The number of rotatable bonds is 6. The Kier molecular flexibility index (Phi) is 7.96. The first-order valence-electron chi connectivity index (χ1n) is 2.33. The summed E-state index contributed by atoms with van der Waals surface area (Å²) in [4.78, 5) is 0. The fraction of sp³-hybridized carbons (Fsp3) is 0.333. The van der Waals surface area contributed by atoms with Crippen LogP contribution in [0.15, 0.2) is 11.8 Å². The second-order valence-corrected chi connectivity index (χ2v) is 5.20. The summed E-state index contributed by atoms with van der Waals surface area (Å²) in [5.74, 6) is 0. The molecule has 0 atom stereocenters. The molecular weight excluding hydrogens is 196 g/mol. The molecule has 0 N–H and O–H groups in total. The summed E-state index contributed by atoms with van der Waals surface area (Å²) in [6.45, 7) is 5.58. The van der Waals surface area contributed by atoms with Gasteiger partial charge in [0.15, 0.2) is 0 Å². The van der Waals surface area contributed by atoms with Crippen molar-refractivity contribution in [3.8, 4) is 0 Å². The number of hydrogen-bond acceptors (Lipinski definition) is 3. The summed E-state index contributed by atoms with van der Waals surface area (Å²) >= 11 is 0. The van der Waals surface area contributed by atoms with Crippen LogP contribution in [0.4, 0.5) is 0 Å². The van der Waals surface area contributed by atoms with Crippen LogP contribution < -0.4 is 0 Å². The molecule has 0 rings (SSSR count). The summed E-state index contributed by atoms with van der Waals surface area (Å²) in [5, 5.41) is 1.01. The lowest BCUT2D eigenvalue weighted by molar-refractivity contribution is 0.440. The normalized spacial score (nSPS) is 9.80. The van der Waals surface area contributed by atoms with Crippen LogP contribution in [-0.4, -0.2) is 40.3 Å². The van der Waals surface area contributed by atoms with E-state index in [0.29, 0.717) is 9.76 Å². The predicted octanol–water partition coefficient (Wildman–Crippen LogP) is -0.659. The Morgan fingerprint density at radius 1 is 1.40 bits per heavy atom. The summed E-state index contributed by atoms with van der Waals surface area (Å²) < 4.78 is 14.4. The third-order valence-electron chi connectivity index (χ3n) is 0.392. The monoisotopic (exact) mass is 201 g/mol. The molecule has 0 aliphatic heterocycles. The van der Waals surface area contributed by atoms with E-state index in [1.54, 1.807) is 0 Å². The molecular formula is C3H5O3Si4. The molecule has 0 saturated carbocycles. The molecule has 7 heteroatoms. The van der Waals surface area contributed by atoms with Crippen molar-refractivity contribution in [1.82, 2.24) is 0 Å². The van der Waals surface area contributed by atoms with E-state index in [2.05, 4.69) is 21.2 Å². The topological polar surface area (TPSA) is 27.7 Å². The molecule has 0 aliphatic rings. The first-order valence-corrected chi connectivity index (χ1v) is 5.28. The molecule has 10 heavy (non-hydrogen) atoms. The summed E-state index contributed by atoms with van der Waals surface area (Å²) in [6.07, 6.45) is 0. The maximum Gasteiger partial charge on any atom is 0.411 e. The number of allylic oxidation sites excluding steroid dienone is 1. The minimum absolute atomic E-state index is 0.00600. The van der Waals surface area contributed by atoms with Gasteiger partial charge >= 0.3 is 20.0 Å². The zero-order valence-corrected chi connectivity index (χ0v) is 9.43. The lowest BCUT2D eigenvalue weighted by atomic mass is 10.8. The Hall–Kier alpha value is 0.488. The van der Waals surface area contributed by atoms with E-state index in [1.165, 1.54) is 0 Å². The molecule has 9 radical (unpaired) electrons. The molecule has 0 bridgehead atoms. The van der Waals surface area contributed by atoms with Crippen LogP contribution in [0.5, 0.6) is 0 Å². The maximum atomic E-state index is 5.04. The summed E-state index contributed by atoms with van der Waals surface area (Å²) in [6, 6.07) is 0. The molecule has 51 valence electrons. The predicted molar refractivity (Wildman–Crippen MR) is 41.1 cm³/mol. The van der Waals surface area contributed by atoms with Gasteiger partial charge in [-0.3, -0.25) is 0 Å². The van der Waals surface area contributed by atoms with Crippen molar-refractivity contribution in [3.63, 3.8) is 0 Å². The van der Waals surface area contributed by atoms with Gasteiger partial charge < -0.3 is 12.3 Å². The second kappa shape index (κ2) is 7.59. The smallest absolute Gasteiger partial charge is 0.411 e. The van der Waals surface area contributed by atoms with Gasteiger partial charge in [0.25, 0.3) is 9.76 Å². The van der Waals surface area contributed by atoms with Crippen molar-refractivity contribution in [3.05, 3.63) is 11.8 Å². The molecule has 3 nitrogen and oxygen atoms in total. The van der Waals surface area contributed by atoms with Gasteiger partial charge in [-0.1, -0.05) is 5.20 Å². The van der Waals surface area contributed by atoms with E-state index < -0.39 is 0 Å². The first-order chi connectivity index (χ1) is 4.77. The SMILES string of the molecule is C=C(C)[Si]O[Si]O[Si]O[Si]. The van der Waals surface area contributed by atoms with Crippen molar-refractivity contribution in [2.24, 2.45) is 0 Å². The largest absolute Gasteiger partial charge is 0.435 e. The van der Waals surface area contributed by atoms with Gasteiger partial charge in [-0.15, -0.1) is 6.58 Å². The van der Waals surface area contributed by atoms with Crippen LogP contribution >= 0.6 is 0 Å². The van der Waals surface area contributed by atoms with E-state index in [0.717, 1.165) is 5.20 Å². The van der Waals surface area contributed by atoms with Crippen LogP contribution in [0.25, 0.3) is 0 Å². The highest BCUT2D eigenvalue weighted by molar-refractivity contribution is 6.48. The standard InChI is InChI=1S/C3H5O3Si4/c1-3(2)8-5-10-6-9-4-7/h1H2,2H3. The van der Waals surface area contributed by atoms with Gasteiger partial charge in [0, 0.05) is 0 Å². The lowest BCUT2D eigenvalue weighted by Crippen LogP contribution is -2.12. The fourth-order valence-corrected chi connectivity index (χ4v) is 2.25. The van der Waals surface area contributed by atoms with Gasteiger partial charge in [0.05, 0.1) is 0 Å². The van der Waals surface area contributed by atoms with Gasteiger partial charge in [0.2, 0.25) is 10.5 Å².